The van der Waals surface area contributed by atoms with Gasteiger partial charge in [-0.05, 0) is 29.0 Å². The van der Waals surface area contributed by atoms with Crippen molar-refractivity contribution in [2.45, 2.75) is 0 Å². The first-order valence-electron chi connectivity index (χ1n) is 6.74. The highest BCUT2D eigenvalue weighted by atomic mass is 16.5. The van der Waals surface area contributed by atoms with Crippen LogP contribution < -0.4 is 10.5 Å². The van der Waals surface area contributed by atoms with Crippen molar-refractivity contribution in [3.63, 3.8) is 0 Å². The van der Waals surface area contributed by atoms with E-state index in [1.54, 1.807) is 36.4 Å². The van der Waals surface area contributed by atoms with Crippen molar-refractivity contribution in [1.29, 1.82) is 0 Å². The van der Waals surface area contributed by atoms with E-state index in [9.17, 15) is 9.59 Å². The van der Waals surface area contributed by atoms with Crippen LogP contribution in [0.2, 0.25) is 0 Å². The Hall–Kier alpha value is -3.14. The number of fused-ring (bicyclic) bond motifs is 1. The molecule has 0 aliphatic rings. The smallest absolute Gasteiger partial charge is 0.345 e. The molecule has 3 aromatic rings. The maximum Gasteiger partial charge on any atom is 0.345 e. The average molecular weight is 291 g/mol. The Morgan fingerprint density at radius 1 is 0.955 bits per heavy atom. The summed E-state index contributed by atoms with van der Waals surface area (Å²) < 4.78 is 5.36. The van der Waals surface area contributed by atoms with E-state index in [2.05, 4.69) is 0 Å². The Kier molecular flexibility index (Phi) is 3.58. The van der Waals surface area contributed by atoms with Crippen LogP contribution in [0.15, 0.2) is 60.7 Å². The van der Waals surface area contributed by atoms with Crippen LogP contribution in [0.4, 0.5) is 5.69 Å². The van der Waals surface area contributed by atoms with Crippen LogP contribution in [0.3, 0.4) is 0 Å². The van der Waals surface area contributed by atoms with E-state index in [1.807, 2.05) is 24.3 Å². The summed E-state index contributed by atoms with van der Waals surface area (Å²) in [7, 11) is 0. The number of ether oxygens (including phenoxy) is 1. The zero-order valence-corrected chi connectivity index (χ0v) is 11.7. The van der Waals surface area contributed by atoms with E-state index < -0.39 is 5.97 Å². The Bertz CT molecular complexity index is 871. The minimum atomic E-state index is -0.587. The molecule has 0 unspecified atom stereocenters. The quantitative estimate of drug-likeness (QED) is 0.347. The van der Waals surface area contributed by atoms with Gasteiger partial charge in [0.2, 0.25) is 0 Å². The minimum Gasteiger partial charge on any atom is -0.422 e. The number of aldehydes is 1. The van der Waals surface area contributed by atoms with Gasteiger partial charge in [0.1, 0.15) is 5.75 Å². The Labute approximate surface area is 127 Å². The molecule has 0 aliphatic carbocycles. The number of para-hydroxylation sites is 1. The molecule has 0 fully saturated rings. The average Bonchev–Trinajstić information content (AvgIpc) is 2.55. The van der Waals surface area contributed by atoms with Crippen LogP contribution >= 0.6 is 0 Å². The largest absolute Gasteiger partial charge is 0.422 e. The van der Waals surface area contributed by atoms with E-state index in [0.29, 0.717) is 17.5 Å². The third kappa shape index (κ3) is 2.42. The molecule has 2 N–H and O–H groups in total. The highest BCUT2D eigenvalue weighted by Crippen LogP contribution is 2.27. The fraction of sp³-hybridized carbons (Fsp3) is 0. The number of carbonyl (C=O) groups is 2. The summed E-state index contributed by atoms with van der Waals surface area (Å²) >= 11 is 0. The maximum absolute atomic E-state index is 12.2. The predicted molar refractivity (Wildman–Crippen MR) is 85.1 cm³/mol. The zero-order valence-electron chi connectivity index (χ0n) is 11.7. The molecule has 3 rings (SSSR count). The highest BCUT2D eigenvalue weighted by Gasteiger charge is 2.15. The molecule has 0 amide bonds. The van der Waals surface area contributed by atoms with Gasteiger partial charge in [-0.25, -0.2) is 4.79 Å². The summed E-state index contributed by atoms with van der Waals surface area (Å²) in [6.45, 7) is 0. The number of benzene rings is 3. The van der Waals surface area contributed by atoms with Crippen molar-refractivity contribution < 1.29 is 14.3 Å². The van der Waals surface area contributed by atoms with Crippen LogP contribution in [0, 0.1) is 0 Å². The van der Waals surface area contributed by atoms with Gasteiger partial charge in [0.25, 0.3) is 0 Å². The molecule has 4 nitrogen and oxygen atoms in total. The number of nitrogens with two attached hydrogens (primary N) is 1. The van der Waals surface area contributed by atoms with Crippen LogP contribution in [0.25, 0.3) is 10.8 Å². The van der Waals surface area contributed by atoms with Crippen molar-refractivity contribution >= 4 is 28.7 Å². The summed E-state index contributed by atoms with van der Waals surface area (Å²) in [5.41, 5.74) is 6.72. The normalized spacial score (nSPS) is 10.4. The predicted octanol–water partition coefficient (Wildman–Crippen LogP) is 3.45. The molecule has 0 aromatic heterocycles. The maximum atomic E-state index is 12.2. The van der Waals surface area contributed by atoms with Gasteiger partial charge in [-0.1, -0.05) is 42.5 Å². The van der Waals surface area contributed by atoms with Gasteiger partial charge in [0.05, 0.1) is 11.1 Å². The number of carbonyl (C=O) groups excluding carboxylic acids is 2. The standard InChI is InChI=1S/C18H13NO3/c19-16-8-4-3-7-14(16)18(21)22-17-10-9-12-5-1-2-6-13(12)15(17)11-20/h1-11H,19H2. The summed E-state index contributed by atoms with van der Waals surface area (Å²) in [6.07, 6.45) is 0.694. The van der Waals surface area contributed by atoms with E-state index in [0.717, 1.165) is 10.8 Å². The van der Waals surface area contributed by atoms with E-state index >= 15 is 0 Å². The lowest BCUT2D eigenvalue weighted by molar-refractivity contribution is 0.0735. The summed E-state index contributed by atoms with van der Waals surface area (Å²) in [5.74, 6) is -0.363. The first-order valence-corrected chi connectivity index (χ1v) is 6.74. The van der Waals surface area contributed by atoms with Gasteiger partial charge < -0.3 is 10.5 Å². The van der Waals surface area contributed by atoms with Crippen molar-refractivity contribution in [3.05, 3.63) is 71.8 Å². The molecule has 0 aliphatic heterocycles. The Morgan fingerprint density at radius 2 is 1.68 bits per heavy atom. The second-order valence-electron chi connectivity index (χ2n) is 4.79. The molecule has 3 aromatic carbocycles. The second kappa shape index (κ2) is 5.69. The molecule has 0 spiro atoms. The minimum absolute atomic E-state index is 0.224. The number of rotatable bonds is 3. The number of nitrogen functional groups attached to an aromatic ring is 1. The molecular weight excluding hydrogens is 278 g/mol. The lowest BCUT2D eigenvalue weighted by atomic mass is 10.0. The van der Waals surface area contributed by atoms with Crippen molar-refractivity contribution in [2.24, 2.45) is 0 Å². The van der Waals surface area contributed by atoms with Gasteiger partial charge in [-0.3, -0.25) is 4.79 Å². The first-order chi connectivity index (χ1) is 10.7. The molecule has 0 saturated heterocycles. The van der Waals surface area contributed by atoms with E-state index in [-0.39, 0.29) is 11.3 Å². The number of hydrogen-bond donors (Lipinski definition) is 1. The molecule has 0 bridgehead atoms. The topological polar surface area (TPSA) is 69.4 Å². The number of hydrogen-bond acceptors (Lipinski definition) is 4. The summed E-state index contributed by atoms with van der Waals surface area (Å²) in [6, 6.07) is 17.5. The van der Waals surface area contributed by atoms with Crippen molar-refractivity contribution in [3.8, 4) is 5.75 Å². The second-order valence-corrected chi connectivity index (χ2v) is 4.79. The van der Waals surface area contributed by atoms with Crippen molar-refractivity contribution in [1.82, 2.24) is 0 Å². The fourth-order valence-electron chi connectivity index (χ4n) is 2.32. The molecule has 0 radical (unpaired) electrons. The lowest BCUT2D eigenvalue weighted by Gasteiger charge is -2.10. The third-order valence-electron chi connectivity index (χ3n) is 3.43. The molecule has 0 heterocycles. The molecule has 4 heteroatoms. The Balaban J connectivity index is 2.02. The number of anilines is 1. The van der Waals surface area contributed by atoms with Crippen LogP contribution in [-0.4, -0.2) is 12.3 Å². The van der Waals surface area contributed by atoms with Crippen LogP contribution in [0.1, 0.15) is 20.7 Å². The zero-order chi connectivity index (χ0) is 15.5. The van der Waals surface area contributed by atoms with Gasteiger partial charge in [-0.2, -0.15) is 0 Å². The van der Waals surface area contributed by atoms with Gasteiger partial charge in [0.15, 0.2) is 6.29 Å². The molecular formula is C18H13NO3. The number of esters is 1. The van der Waals surface area contributed by atoms with Gasteiger partial charge in [0, 0.05) is 5.69 Å². The van der Waals surface area contributed by atoms with Crippen LogP contribution in [-0.2, 0) is 0 Å². The van der Waals surface area contributed by atoms with Gasteiger partial charge >= 0.3 is 5.97 Å². The monoisotopic (exact) mass is 291 g/mol. The molecule has 0 atom stereocenters. The Morgan fingerprint density at radius 3 is 2.45 bits per heavy atom. The summed E-state index contributed by atoms with van der Waals surface area (Å²) in [5, 5.41) is 1.65. The molecule has 0 saturated carbocycles. The highest BCUT2D eigenvalue weighted by molar-refractivity contribution is 6.03. The third-order valence-corrected chi connectivity index (χ3v) is 3.43. The van der Waals surface area contributed by atoms with Gasteiger partial charge in [-0.15, -0.1) is 0 Å². The fourth-order valence-corrected chi connectivity index (χ4v) is 2.32. The first kappa shape index (κ1) is 13.8. The SMILES string of the molecule is Nc1ccccc1C(=O)Oc1ccc2ccccc2c1C=O. The molecule has 108 valence electrons. The van der Waals surface area contributed by atoms with E-state index in [4.69, 9.17) is 10.5 Å². The summed E-state index contributed by atoms with van der Waals surface area (Å²) in [4.78, 5) is 23.6. The van der Waals surface area contributed by atoms with Crippen LogP contribution in [0.5, 0.6) is 5.75 Å². The lowest BCUT2D eigenvalue weighted by Crippen LogP contribution is -2.12. The van der Waals surface area contributed by atoms with E-state index in [1.165, 1.54) is 0 Å². The van der Waals surface area contributed by atoms with Crippen molar-refractivity contribution in [2.75, 3.05) is 5.73 Å². The molecule has 22 heavy (non-hydrogen) atoms.